The molecule has 38 heavy (non-hydrogen) atoms. The summed E-state index contributed by atoms with van der Waals surface area (Å²) in [5.74, 6) is 0. The van der Waals surface area contributed by atoms with Crippen LogP contribution in [0.4, 0.5) is 0 Å². The van der Waals surface area contributed by atoms with E-state index >= 15 is 0 Å². The molecule has 2 N–H and O–H groups in total. The molecule has 4 aromatic rings. The van der Waals surface area contributed by atoms with Crippen LogP contribution in [0.25, 0.3) is 0 Å². The van der Waals surface area contributed by atoms with E-state index in [2.05, 4.69) is 146 Å². The standard InChI is InChI=1S/C34H42B2N2/c1-3-37-33(29-19-9-5-10-20-29,30-21-11-6-12-22-30)35-27-17-18-28-36-34(38-4-2,31-23-13-7-14-24-31)32-25-15-8-16-26-32/h5-16,19-26,35-38H,3-4,17-18,27-28H2,1-2H3. The average Bonchev–Trinajstić information content (AvgIpc) is 2.99. The number of nitrogens with one attached hydrogen (secondary N) is 2. The summed E-state index contributed by atoms with van der Waals surface area (Å²) in [6.07, 6.45) is 4.81. The van der Waals surface area contributed by atoms with Gasteiger partial charge in [-0.25, -0.2) is 0 Å². The van der Waals surface area contributed by atoms with E-state index in [-0.39, 0.29) is 10.9 Å². The van der Waals surface area contributed by atoms with Gasteiger partial charge in [-0.1, -0.05) is 161 Å². The van der Waals surface area contributed by atoms with Gasteiger partial charge in [-0.05, 0) is 35.3 Å². The molecule has 4 aromatic carbocycles. The monoisotopic (exact) mass is 500 g/mol. The van der Waals surface area contributed by atoms with Crippen molar-refractivity contribution in [1.29, 1.82) is 0 Å². The fourth-order valence-corrected chi connectivity index (χ4v) is 6.12. The lowest BCUT2D eigenvalue weighted by Gasteiger charge is -2.36. The smallest absolute Gasteiger partial charge is 0.157 e. The van der Waals surface area contributed by atoms with Crippen LogP contribution in [0.5, 0.6) is 0 Å². The van der Waals surface area contributed by atoms with Crippen molar-refractivity contribution >= 4 is 14.6 Å². The van der Waals surface area contributed by atoms with Gasteiger partial charge in [-0.3, -0.25) is 0 Å². The molecule has 0 radical (unpaired) electrons. The van der Waals surface area contributed by atoms with Gasteiger partial charge in [-0.15, -0.1) is 0 Å². The molecule has 0 saturated carbocycles. The Morgan fingerprint density at radius 2 is 0.711 bits per heavy atom. The van der Waals surface area contributed by atoms with E-state index in [1.165, 1.54) is 47.7 Å². The molecule has 194 valence electrons. The van der Waals surface area contributed by atoms with Gasteiger partial charge in [0, 0.05) is 10.9 Å². The maximum Gasteiger partial charge on any atom is 0.157 e. The zero-order valence-corrected chi connectivity index (χ0v) is 23.2. The molecule has 0 amide bonds. The second-order valence-corrected chi connectivity index (χ2v) is 10.2. The third kappa shape index (κ3) is 6.49. The zero-order chi connectivity index (χ0) is 26.5. The lowest BCUT2D eigenvalue weighted by Crippen LogP contribution is -2.48. The molecule has 0 aromatic heterocycles. The predicted molar refractivity (Wildman–Crippen MR) is 168 cm³/mol. The number of hydrogen-bond donors (Lipinski definition) is 2. The molecule has 4 rings (SSSR count). The molecule has 4 heteroatoms. The van der Waals surface area contributed by atoms with Gasteiger partial charge in [0.1, 0.15) is 0 Å². The Hall–Kier alpha value is -3.07. The van der Waals surface area contributed by atoms with Gasteiger partial charge in [0.15, 0.2) is 14.6 Å². The van der Waals surface area contributed by atoms with E-state index in [9.17, 15) is 0 Å². The quantitative estimate of drug-likeness (QED) is 0.144. The number of rotatable bonds is 15. The fourth-order valence-electron chi connectivity index (χ4n) is 6.12. The molecule has 0 unspecified atom stereocenters. The van der Waals surface area contributed by atoms with Gasteiger partial charge in [0.25, 0.3) is 0 Å². The van der Waals surface area contributed by atoms with Gasteiger partial charge in [0.05, 0.1) is 0 Å². The van der Waals surface area contributed by atoms with Crippen molar-refractivity contribution in [2.75, 3.05) is 13.1 Å². The number of hydrogen-bond acceptors (Lipinski definition) is 2. The van der Waals surface area contributed by atoms with E-state index in [1.807, 2.05) is 0 Å². The normalized spacial score (nSPS) is 11.7. The minimum absolute atomic E-state index is 0.154. The summed E-state index contributed by atoms with van der Waals surface area (Å²) in [4.78, 5) is 0. The maximum absolute atomic E-state index is 3.89. The summed E-state index contributed by atoms with van der Waals surface area (Å²) in [7, 11) is 2.18. The van der Waals surface area contributed by atoms with Crippen LogP contribution in [0.2, 0.25) is 12.6 Å². The first-order chi connectivity index (χ1) is 18.7. The van der Waals surface area contributed by atoms with Crippen LogP contribution < -0.4 is 10.6 Å². The second kappa shape index (κ2) is 14.2. The molecular weight excluding hydrogens is 458 g/mol. The van der Waals surface area contributed by atoms with Crippen LogP contribution in [0, 0.1) is 0 Å². The number of unbranched alkanes of at least 4 members (excludes halogenated alkanes) is 1. The Balaban J connectivity index is 1.46. The highest BCUT2D eigenvalue weighted by molar-refractivity contribution is 6.42. The summed E-state index contributed by atoms with van der Waals surface area (Å²) in [5.41, 5.74) is 5.11. The van der Waals surface area contributed by atoms with Crippen molar-refractivity contribution in [3.8, 4) is 0 Å². The Labute approximate surface area is 231 Å². The van der Waals surface area contributed by atoms with Crippen LogP contribution in [-0.2, 0) is 10.9 Å². The summed E-state index contributed by atoms with van der Waals surface area (Å²) in [6, 6.07) is 44.0. The van der Waals surface area contributed by atoms with Crippen LogP contribution in [0.1, 0.15) is 48.9 Å². The van der Waals surface area contributed by atoms with Crippen molar-refractivity contribution in [3.05, 3.63) is 144 Å². The highest BCUT2D eigenvalue weighted by Crippen LogP contribution is 2.32. The van der Waals surface area contributed by atoms with E-state index in [4.69, 9.17) is 0 Å². The van der Waals surface area contributed by atoms with Gasteiger partial charge >= 0.3 is 0 Å². The first-order valence-electron chi connectivity index (χ1n) is 14.5. The molecule has 0 spiro atoms. The summed E-state index contributed by atoms with van der Waals surface area (Å²) >= 11 is 0. The summed E-state index contributed by atoms with van der Waals surface area (Å²) in [5, 5.41) is 7.79. The third-order valence-corrected chi connectivity index (χ3v) is 7.88. The van der Waals surface area contributed by atoms with Crippen LogP contribution in [0.15, 0.2) is 121 Å². The Kier molecular flexibility index (Phi) is 10.4. The second-order valence-electron chi connectivity index (χ2n) is 10.2. The molecule has 0 atom stereocenters. The van der Waals surface area contributed by atoms with Gasteiger partial charge in [0.2, 0.25) is 0 Å². The first-order valence-corrected chi connectivity index (χ1v) is 14.5. The minimum atomic E-state index is -0.154. The molecule has 0 aliphatic carbocycles. The average molecular weight is 500 g/mol. The van der Waals surface area contributed by atoms with Crippen molar-refractivity contribution in [2.24, 2.45) is 0 Å². The molecule has 0 saturated heterocycles. The van der Waals surface area contributed by atoms with E-state index in [0.717, 1.165) is 27.6 Å². The lowest BCUT2D eigenvalue weighted by molar-refractivity contribution is 0.551. The topological polar surface area (TPSA) is 24.1 Å². The maximum atomic E-state index is 3.89. The lowest BCUT2D eigenvalue weighted by atomic mass is 9.48. The highest BCUT2D eigenvalue weighted by Gasteiger charge is 2.35. The SMILES string of the molecule is CCNC(BCCCCBC(NCC)(c1ccccc1)c1ccccc1)(c1ccccc1)c1ccccc1. The molecule has 0 aliphatic heterocycles. The minimum Gasteiger partial charge on any atom is -0.311 e. The first kappa shape index (κ1) is 28.0. The predicted octanol–water partition coefficient (Wildman–Crippen LogP) is 6.50. The van der Waals surface area contributed by atoms with Crippen molar-refractivity contribution < 1.29 is 0 Å². The van der Waals surface area contributed by atoms with E-state index < -0.39 is 0 Å². The van der Waals surface area contributed by atoms with Gasteiger partial charge < -0.3 is 10.6 Å². The van der Waals surface area contributed by atoms with E-state index in [1.54, 1.807) is 0 Å². The summed E-state index contributed by atoms with van der Waals surface area (Å²) in [6.45, 7) is 6.30. The molecular formula is C34H42B2N2. The molecule has 0 fully saturated rings. The van der Waals surface area contributed by atoms with E-state index in [0.29, 0.717) is 0 Å². The Morgan fingerprint density at radius 1 is 0.447 bits per heavy atom. The fraction of sp³-hybridized carbons (Fsp3) is 0.294. The molecule has 0 bridgehead atoms. The van der Waals surface area contributed by atoms with Crippen molar-refractivity contribution in [3.63, 3.8) is 0 Å². The molecule has 2 nitrogen and oxygen atoms in total. The van der Waals surface area contributed by atoms with Crippen molar-refractivity contribution in [1.82, 2.24) is 10.6 Å². The third-order valence-electron chi connectivity index (χ3n) is 7.88. The van der Waals surface area contributed by atoms with Gasteiger partial charge in [-0.2, -0.15) is 0 Å². The highest BCUT2D eigenvalue weighted by atomic mass is 14.9. The van der Waals surface area contributed by atoms with Crippen molar-refractivity contribution in [2.45, 2.75) is 50.2 Å². The Bertz CT molecular complexity index is 1010. The van der Waals surface area contributed by atoms with Crippen LogP contribution >= 0.6 is 0 Å². The molecule has 0 heterocycles. The van der Waals surface area contributed by atoms with Crippen LogP contribution in [-0.4, -0.2) is 27.6 Å². The Morgan fingerprint density at radius 3 is 0.947 bits per heavy atom. The largest absolute Gasteiger partial charge is 0.311 e. The zero-order valence-electron chi connectivity index (χ0n) is 23.2. The van der Waals surface area contributed by atoms with Crippen LogP contribution in [0.3, 0.4) is 0 Å². The molecule has 0 aliphatic rings. The number of benzene rings is 4. The summed E-state index contributed by atoms with van der Waals surface area (Å²) < 4.78 is 0.